The molecule has 96 valence electrons. The van der Waals surface area contributed by atoms with E-state index in [-0.39, 0.29) is 12.3 Å². The van der Waals surface area contributed by atoms with E-state index in [4.69, 9.17) is 4.74 Å². The van der Waals surface area contributed by atoms with E-state index in [2.05, 4.69) is 11.7 Å². The van der Waals surface area contributed by atoms with Gasteiger partial charge in [0.15, 0.2) is 0 Å². The van der Waals surface area contributed by atoms with E-state index in [1.54, 1.807) is 7.11 Å². The molecular formula is C14H16O4. The van der Waals surface area contributed by atoms with Crippen molar-refractivity contribution in [2.24, 2.45) is 5.92 Å². The molecule has 1 aliphatic rings. The quantitative estimate of drug-likeness (QED) is 0.603. The first-order chi connectivity index (χ1) is 8.63. The highest BCUT2D eigenvalue weighted by Gasteiger charge is 2.33. The molecular weight excluding hydrogens is 232 g/mol. The minimum absolute atomic E-state index is 0.187. The van der Waals surface area contributed by atoms with Crippen LogP contribution in [-0.2, 0) is 27.2 Å². The van der Waals surface area contributed by atoms with Crippen LogP contribution in [0.1, 0.15) is 24.5 Å². The van der Waals surface area contributed by atoms with E-state index in [1.807, 2.05) is 18.2 Å². The van der Waals surface area contributed by atoms with Gasteiger partial charge in [-0.3, -0.25) is 9.59 Å². The molecule has 0 amide bonds. The van der Waals surface area contributed by atoms with E-state index in [1.165, 1.54) is 0 Å². The highest BCUT2D eigenvalue weighted by molar-refractivity contribution is 5.94. The molecule has 4 heteroatoms. The second-order valence-corrected chi connectivity index (χ2v) is 4.40. The number of carbonyl (C=O) groups is 2. The predicted molar refractivity (Wildman–Crippen MR) is 65.3 cm³/mol. The Kier molecular flexibility index (Phi) is 3.65. The maximum atomic E-state index is 11.4. The van der Waals surface area contributed by atoms with Gasteiger partial charge < -0.3 is 9.47 Å². The Morgan fingerprint density at radius 2 is 2.17 bits per heavy atom. The number of ether oxygens (including phenoxy) is 2. The second kappa shape index (κ2) is 5.21. The maximum Gasteiger partial charge on any atom is 0.317 e. The number of cyclic esters (lactones) is 2. The first-order valence-electron chi connectivity index (χ1n) is 6.04. The Labute approximate surface area is 106 Å². The van der Waals surface area contributed by atoms with Gasteiger partial charge in [-0.05, 0) is 30.0 Å². The Hall–Kier alpha value is -1.84. The van der Waals surface area contributed by atoms with Gasteiger partial charge in [-0.2, -0.15) is 0 Å². The lowest BCUT2D eigenvalue weighted by Gasteiger charge is -2.10. The average molecular weight is 248 g/mol. The third-order valence-electron chi connectivity index (χ3n) is 3.17. The number of aryl methyl sites for hydroxylation is 1. The molecule has 0 N–H and O–H groups in total. The fourth-order valence-electron chi connectivity index (χ4n) is 2.20. The lowest BCUT2D eigenvalue weighted by molar-refractivity contribution is -0.153. The summed E-state index contributed by atoms with van der Waals surface area (Å²) in [6.07, 6.45) is 1.60. The summed E-state index contributed by atoms with van der Waals surface area (Å²) in [4.78, 5) is 22.4. The van der Waals surface area contributed by atoms with Gasteiger partial charge in [-0.25, -0.2) is 0 Å². The van der Waals surface area contributed by atoms with Crippen LogP contribution in [0.15, 0.2) is 18.2 Å². The lowest BCUT2D eigenvalue weighted by Crippen LogP contribution is -2.10. The van der Waals surface area contributed by atoms with E-state index in [9.17, 15) is 9.59 Å². The van der Waals surface area contributed by atoms with Crippen LogP contribution in [0.25, 0.3) is 0 Å². The highest BCUT2D eigenvalue weighted by atomic mass is 16.6. The first-order valence-corrected chi connectivity index (χ1v) is 6.04. The highest BCUT2D eigenvalue weighted by Crippen LogP contribution is 2.25. The zero-order chi connectivity index (χ0) is 13.1. The number of benzene rings is 1. The summed E-state index contributed by atoms with van der Waals surface area (Å²) in [6.45, 7) is 2.05. The van der Waals surface area contributed by atoms with Gasteiger partial charge in [0, 0.05) is 0 Å². The van der Waals surface area contributed by atoms with Crippen LogP contribution < -0.4 is 4.74 Å². The number of rotatable bonds is 4. The molecule has 4 nitrogen and oxygen atoms in total. The Morgan fingerprint density at radius 1 is 1.39 bits per heavy atom. The largest absolute Gasteiger partial charge is 0.496 e. The van der Waals surface area contributed by atoms with Crippen molar-refractivity contribution in [1.29, 1.82) is 0 Å². The molecule has 0 radical (unpaired) electrons. The van der Waals surface area contributed by atoms with Crippen molar-refractivity contribution in [2.45, 2.75) is 26.2 Å². The number of hydrogen-bond acceptors (Lipinski definition) is 4. The van der Waals surface area contributed by atoms with Gasteiger partial charge >= 0.3 is 11.9 Å². The molecule has 18 heavy (non-hydrogen) atoms. The fraction of sp³-hybridized carbons (Fsp3) is 0.429. The van der Waals surface area contributed by atoms with Crippen molar-refractivity contribution >= 4 is 11.9 Å². The van der Waals surface area contributed by atoms with Crippen LogP contribution >= 0.6 is 0 Å². The molecule has 0 aromatic heterocycles. The minimum atomic E-state index is -0.422. The summed E-state index contributed by atoms with van der Waals surface area (Å²) in [5.74, 6) is -0.315. The average Bonchev–Trinajstić information content (AvgIpc) is 2.67. The topological polar surface area (TPSA) is 52.6 Å². The molecule has 0 spiro atoms. The summed E-state index contributed by atoms with van der Waals surface area (Å²) < 4.78 is 9.80. The van der Waals surface area contributed by atoms with Crippen molar-refractivity contribution < 1.29 is 19.1 Å². The van der Waals surface area contributed by atoms with Crippen LogP contribution in [0.4, 0.5) is 0 Å². The van der Waals surface area contributed by atoms with Gasteiger partial charge in [0.1, 0.15) is 5.75 Å². The van der Waals surface area contributed by atoms with E-state index < -0.39 is 11.9 Å². The smallest absolute Gasteiger partial charge is 0.317 e. The fourth-order valence-corrected chi connectivity index (χ4v) is 2.20. The zero-order valence-corrected chi connectivity index (χ0v) is 10.6. The Bertz CT molecular complexity index is 479. The molecule has 0 aliphatic carbocycles. The molecule has 1 heterocycles. The predicted octanol–water partition coefficient (Wildman–Crippen LogP) is 1.89. The van der Waals surface area contributed by atoms with Crippen molar-refractivity contribution in [1.82, 2.24) is 0 Å². The second-order valence-electron chi connectivity index (χ2n) is 4.40. The van der Waals surface area contributed by atoms with Gasteiger partial charge in [-0.15, -0.1) is 0 Å². The first kappa shape index (κ1) is 12.6. The van der Waals surface area contributed by atoms with Crippen LogP contribution in [0.3, 0.4) is 0 Å². The standard InChI is InChI=1S/C14H16O4/c1-3-10-6-9(4-5-12(10)17-2)7-11-8-13(15)18-14(11)16/h4-6,11H,3,7-8H2,1-2H3. The van der Waals surface area contributed by atoms with Crippen LogP contribution in [0.2, 0.25) is 0 Å². The van der Waals surface area contributed by atoms with E-state index in [0.29, 0.717) is 6.42 Å². The van der Waals surface area contributed by atoms with Gasteiger partial charge in [0.25, 0.3) is 0 Å². The molecule has 1 fully saturated rings. The van der Waals surface area contributed by atoms with Crippen molar-refractivity contribution in [3.8, 4) is 5.75 Å². The van der Waals surface area contributed by atoms with E-state index >= 15 is 0 Å². The summed E-state index contributed by atoms with van der Waals surface area (Å²) in [5.41, 5.74) is 2.14. The Balaban J connectivity index is 2.14. The van der Waals surface area contributed by atoms with Crippen LogP contribution in [0.5, 0.6) is 5.75 Å². The van der Waals surface area contributed by atoms with Crippen molar-refractivity contribution in [3.63, 3.8) is 0 Å². The van der Waals surface area contributed by atoms with Crippen molar-refractivity contribution in [2.75, 3.05) is 7.11 Å². The summed E-state index contributed by atoms with van der Waals surface area (Å²) >= 11 is 0. The molecule has 0 saturated carbocycles. The van der Waals surface area contributed by atoms with Crippen molar-refractivity contribution in [3.05, 3.63) is 29.3 Å². The lowest BCUT2D eigenvalue weighted by atomic mass is 9.96. The van der Waals surface area contributed by atoms with Crippen LogP contribution in [-0.4, -0.2) is 19.0 Å². The zero-order valence-electron chi connectivity index (χ0n) is 10.6. The van der Waals surface area contributed by atoms with Gasteiger partial charge in [0.05, 0.1) is 19.4 Å². The third kappa shape index (κ3) is 2.53. The molecule has 1 unspecified atom stereocenters. The summed E-state index contributed by atoms with van der Waals surface area (Å²) in [5, 5.41) is 0. The van der Waals surface area contributed by atoms with Gasteiger partial charge in [-0.1, -0.05) is 19.1 Å². The number of methoxy groups -OCH3 is 1. The molecule has 1 aromatic rings. The SMILES string of the molecule is CCc1cc(CC2CC(=O)OC2=O)ccc1OC. The van der Waals surface area contributed by atoms with Gasteiger partial charge in [0.2, 0.25) is 0 Å². The van der Waals surface area contributed by atoms with E-state index in [0.717, 1.165) is 23.3 Å². The number of esters is 2. The Morgan fingerprint density at radius 3 is 2.72 bits per heavy atom. The minimum Gasteiger partial charge on any atom is -0.496 e. The molecule has 1 atom stereocenters. The molecule has 1 saturated heterocycles. The monoisotopic (exact) mass is 248 g/mol. The maximum absolute atomic E-state index is 11.4. The third-order valence-corrected chi connectivity index (χ3v) is 3.17. The molecule has 1 aliphatic heterocycles. The summed E-state index contributed by atoms with van der Waals surface area (Å²) in [7, 11) is 1.64. The normalized spacial score (nSPS) is 18.9. The van der Waals surface area contributed by atoms with Crippen LogP contribution in [0, 0.1) is 5.92 Å². The number of carbonyl (C=O) groups excluding carboxylic acids is 2. The summed E-state index contributed by atoms with van der Waals surface area (Å²) in [6, 6.07) is 5.85. The molecule has 0 bridgehead atoms. The molecule has 2 rings (SSSR count). The number of hydrogen-bond donors (Lipinski definition) is 0. The molecule has 1 aromatic carbocycles.